The second-order valence-electron chi connectivity index (χ2n) is 5.48. The van der Waals surface area contributed by atoms with Gasteiger partial charge in [0, 0.05) is 32.3 Å². The molecule has 0 fully saturated rings. The van der Waals surface area contributed by atoms with Crippen LogP contribution in [-0.4, -0.2) is 50.0 Å². The number of rotatable bonds is 5. The third-order valence-electron chi connectivity index (χ3n) is 4.03. The van der Waals surface area contributed by atoms with Gasteiger partial charge in [0.05, 0.1) is 24.3 Å². The first-order chi connectivity index (χ1) is 12.2. The van der Waals surface area contributed by atoms with E-state index in [1.807, 2.05) is 31.4 Å². The van der Waals surface area contributed by atoms with Crippen LogP contribution in [0.25, 0.3) is 22.4 Å². The molecule has 0 radical (unpaired) electrons. The molecule has 8 nitrogen and oxygen atoms in total. The smallest absolute Gasteiger partial charge is 0.242 e. The van der Waals surface area contributed by atoms with Gasteiger partial charge in [-0.15, -0.1) is 5.10 Å². The molecule has 0 saturated heterocycles. The van der Waals surface area contributed by atoms with Gasteiger partial charge in [-0.05, 0) is 18.2 Å². The highest BCUT2D eigenvalue weighted by molar-refractivity contribution is 5.87. The minimum absolute atomic E-state index is 0.282. The summed E-state index contributed by atoms with van der Waals surface area (Å²) in [6.45, 7) is -0.445. The number of nitrogens with one attached hydrogen (secondary N) is 2. The average molecular weight is 340 g/mol. The lowest BCUT2D eigenvalue weighted by Crippen LogP contribution is -2.06. The van der Waals surface area contributed by atoms with Crippen LogP contribution < -0.4 is 10.6 Å². The highest BCUT2D eigenvalue weighted by Crippen LogP contribution is 2.29. The van der Waals surface area contributed by atoms with Gasteiger partial charge in [-0.2, -0.15) is 10.1 Å². The minimum atomic E-state index is -0.445. The van der Waals surface area contributed by atoms with E-state index < -0.39 is 6.67 Å². The first kappa shape index (κ1) is 15.3. The van der Waals surface area contributed by atoms with Crippen molar-refractivity contribution >= 4 is 22.9 Å². The summed E-state index contributed by atoms with van der Waals surface area (Å²) < 4.78 is 16.2. The number of fused-ring (bicyclic) bond motifs is 2. The van der Waals surface area contributed by atoms with Gasteiger partial charge in [-0.3, -0.25) is 4.39 Å². The van der Waals surface area contributed by atoms with Crippen LogP contribution in [0.5, 0.6) is 0 Å². The van der Waals surface area contributed by atoms with Crippen LogP contribution in [0.2, 0.25) is 0 Å². The molecule has 0 aliphatic carbocycles. The minimum Gasteiger partial charge on any atom is -0.371 e. The van der Waals surface area contributed by atoms with Gasteiger partial charge in [-0.25, -0.2) is 14.0 Å². The SMILES string of the molecule is CNc1nc(NC)c2c(-c3ccc4ncc(CCF)n4n3)ccn2n1. The zero-order chi connectivity index (χ0) is 17.4. The average Bonchev–Trinajstić information content (AvgIpc) is 3.25. The lowest BCUT2D eigenvalue weighted by Gasteiger charge is -2.08. The molecule has 25 heavy (non-hydrogen) atoms. The van der Waals surface area contributed by atoms with Gasteiger partial charge in [0.15, 0.2) is 11.5 Å². The monoisotopic (exact) mass is 340 g/mol. The molecular formula is C16H17FN8. The normalized spacial score (nSPS) is 11.3. The number of nitrogens with zero attached hydrogens (tertiary/aromatic N) is 6. The van der Waals surface area contributed by atoms with Crippen LogP contribution in [-0.2, 0) is 6.42 Å². The van der Waals surface area contributed by atoms with E-state index in [2.05, 4.69) is 30.8 Å². The molecule has 4 rings (SSSR count). The molecule has 128 valence electrons. The first-order valence-electron chi connectivity index (χ1n) is 7.90. The summed E-state index contributed by atoms with van der Waals surface area (Å²) in [6.07, 6.45) is 3.80. The predicted molar refractivity (Wildman–Crippen MR) is 93.7 cm³/mol. The van der Waals surface area contributed by atoms with Gasteiger partial charge in [0.2, 0.25) is 5.95 Å². The van der Waals surface area contributed by atoms with E-state index in [1.54, 1.807) is 22.3 Å². The van der Waals surface area contributed by atoms with Gasteiger partial charge in [0.1, 0.15) is 5.52 Å². The van der Waals surface area contributed by atoms with E-state index in [9.17, 15) is 4.39 Å². The van der Waals surface area contributed by atoms with Crippen LogP contribution in [0.1, 0.15) is 5.69 Å². The lowest BCUT2D eigenvalue weighted by molar-refractivity contribution is 0.489. The van der Waals surface area contributed by atoms with E-state index in [1.165, 1.54) is 0 Å². The summed E-state index contributed by atoms with van der Waals surface area (Å²) in [5, 5.41) is 15.1. The number of hydrogen-bond acceptors (Lipinski definition) is 6. The van der Waals surface area contributed by atoms with Crippen molar-refractivity contribution in [1.82, 2.24) is 29.2 Å². The standard InChI is InChI=1S/C16H17FN8/c1-18-15-14-11(6-8-24(14)23-16(19-2)21-15)12-3-4-13-20-9-10(5-7-17)25(13)22-12/h3-4,6,8-9H,5,7H2,1-2H3,(H2,18,19,21,23). The number of imidazole rings is 1. The highest BCUT2D eigenvalue weighted by atomic mass is 19.1. The Labute approximate surface area is 142 Å². The molecule has 0 aliphatic rings. The Morgan fingerprint density at radius 3 is 2.76 bits per heavy atom. The van der Waals surface area contributed by atoms with Gasteiger partial charge >= 0.3 is 0 Å². The van der Waals surface area contributed by atoms with Crippen LogP contribution in [0.3, 0.4) is 0 Å². The molecular weight excluding hydrogens is 323 g/mol. The Morgan fingerprint density at radius 2 is 2.00 bits per heavy atom. The van der Waals surface area contributed by atoms with Gasteiger partial charge in [0.25, 0.3) is 0 Å². The Bertz CT molecular complexity index is 1050. The van der Waals surface area contributed by atoms with Crippen molar-refractivity contribution in [2.75, 3.05) is 31.4 Å². The maximum atomic E-state index is 12.7. The van der Waals surface area contributed by atoms with Crippen LogP contribution >= 0.6 is 0 Å². The Kier molecular flexibility index (Phi) is 3.68. The van der Waals surface area contributed by atoms with Crippen LogP contribution in [0.4, 0.5) is 16.2 Å². The number of halogens is 1. The molecule has 4 aromatic heterocycles. The molecule has 0 amide bonds. The fraction of sp³-hybridized carbons (Fsp3) is 0.250. The van der Waals surface area contributed by atoms with Crippen molar-refractivity contribution in [3.05, 3.63) is 36.3 Å². The molecule has 0 saturated carbocycles. The van der Waals surface area contributed by atoms with Crippen LogP contribution in [0, 0.1) is 0 Å². The highest BCUT2D eigenvalue weighted by Gasteiger charge is 2.15. The molecule has 0 aromatic carbocycles. The van der Waals surface area contributed by atoms with Gasteiger partial charge < -0.3 is 10.6 Å². The molecule has 0 aliphatic heterocycles. The van der Waals surface area contributed by atoms with E-state index in [0.717, 1.165) is 22.5 Å². The maximum absolute atomic E-state index is 12.7. The third kappa shape index (κ3) is 2.44. The fourth-order valence-corrected chi connectivity index (χ4v) is 2.84. The predicted octanol–water partition coefficient (Wildman–Crippen LogP) is 2.03. The zero-order valence-electron chi connectivity index (χ0n) is 13.9. The molecule has 4 aromatic rings. The third-order valence-corrected chi connectivity index (χ3v) is 4.03. The topological polar surface area (TPSA) is 84.4 Å². The lowest BCUT2D eigenvalue weighted by atomic mass is 10.2. The van der Waals surface area contributed by atoms with Crippen molar-refractivity contribution < 1.29 is 4.39 Å². The molecule has 0 bridgehead atoms. The van der Waals surface area contributed by atoms with Crippen molar-refractivity contribution in [2.24, 2.45) is 0 Å². The summed E-state index contributed by atoms with van der Waals surface area (Å²) in [6, 6.07) is 5.70. The van der Waals surface area contributed by atoms with E-state index in [-0.39, 0.29) is 6.42 Å². The van der Waals surface area contributed by atoms with E-state index in [0.29, 0.717) is 17.4 Å². The van der Waals surface area contributed by atoms with Crippen molar-refractivity contribution in [3.63, 3.8) is 0 Å². The van der Waals surface area contributed by atoms with E-state index in [4.69, 9.17) is 0 Å². The van der Waals surface area contributed by atoms with E-state index >= 15 is 0 Å². The van der Waals surface area contributed by atoms with Crippen molar-refractivity contribution in [1.29, 1.82) is 0 Å². The second-order valence-corrected chi connectivity index (χ2v) is 5.48. The molecule has 0 atom stereocenters. The fourth-order valence-electron chi connectivity index (χ4n) is 2.84. The second kappa shape index (κ2) is 6.00. The molecule has 9 heteroatoms. The molecule has 4 heterocycles. The molecule has 2 N–H and O–H groups in total. The van der Waals surface area contributed by atoms with Crippen molar-refractivity contribution in [2.45, 2.75) is 6.42 Å². The quantitative estimate of drug-likeness (QED) is 0.578. The number of aromatic nitrogens is 6. The Morgan fingerprint density at radius 1 is 1.12 bits per heavy atom. The molecule has 0 spiro atoms. The molecule has 0 unspecified atom stereocenters. The summed E-state index contributed by atoms with van der Waals surface area (Å²) >= 11 is 0. The summed E-state index contributed by atoms with van der Waals surface area (Å²) in [5.74, 6) is 1.21. The Hall–Kier alpha value is -3.23. The first-order valence-corrected chi connectivity index (χ1v) is 7.90. The van der Waals surface area contributed by atoms with Crippen LogP contribution in [0.15, 0.2) is 30.6 Å². The van der Waals surface area contributed by atoms with Crippen molar-refractivity contribution in [3.8, 4) is 11.3 Å². The summed E-state index contributed by atoms with van der Waals surface area (Å²) in [4.78, 5) is 8.71. The number of alkyl halides is 1. The summed E-state index contributed by atoms with van der Waals surface area (Å²) in [7, 11) is 3.58. The Balaban J connectivity index is 1.92. The number of anilines is 2. The number of aryl methyl sites for hydroxylation is 1. The summed E-state index contributed by atoms with van der Waals surface area (Å²) in [5.41, 5.74) is 3.88. The van der Waals surface area contributed by atoms with Gasteiger partial charge in [-0.1, -0.05) is 0 Å². The zero-order valence-corrected chi connectivity index (χ0v) is 13.9. The number of hydrogen-bond donors (Lipinski definition) is 2. The largest absolute Gasteiger partial charge is 0.371 e. The maximum Gasteiger partial charge on any atom is 0.242 e.